The molecule has 5 heteroatoms. The first-order valence-corrected chi connectivity index (χ1v) is 6.81. The van der Waals surface area contributed by atoms with Gasteiger partial charge in [0.1, 0.15) is 6.33 Å². The van der Waals surface area contributed by atoms with Gasteiger partial charge in [-0.2, -0.15) is 5.26 Å². The number of aromatic nitrogens is 2. The van der Waals surface area contributed by atoms with Crippen LogP contribution in [0.1, 0.15) is 28.8 Å². The van der Waals surface area contributed by atoms with Crippen molar-refractivity contribution in [3.05, 3.63) is 59.2 Å². The highest BCUT2D eigenvalue weighted by molar-refractivity contribution is 5.77. The molecule has 0 fully saturated rings. The van der Waals surface area contributed by atoms with E-state index in [1.807, 2.05) is 17.0 Å². The van der Waals surface area contributed by atoms with Crippen molar-refractivity contribution in [2.75, 3.05) is 0 Å². The van der Waals surface area contributed by atoms with Crippen molar-refractivity contribution in [1.29, 1.82) is 5.26 Å². The van der Waals surface area contributed by atoms with Crippen molar-refractivity contribution in [3.63, 3.8) is 0 Å². The van der Waals surface area contributed by atoms with Crippen LogP contribution in [-0.4, -0.2) is 20.8 Å². The molecule has 2 heterocycles. The Hall–Kier alpha value is -2.74. The first kappa shape index (κ1) is 13.3. The van der Waals surface area contributed by atoms with Crippen molar-refractivity contribution in [3.8, 4) is 6.07 Å². The summed E-state index contributed by atoms with van der Waals surface area (Å²) >= 11 is 0. The second-order valence-corrected chi connectivity index (χ2v) is 5.05. The van der Waals surface area contributed by atoms with Gasteiger partial charge in [-0.1, -0.05) is 12.1 Å². The molecule has 0 N–H and O–H groups in total. The average molecular weight is 278 g/mol. The second kappa shape index (κ2) is 5.71. The van der Waals surface area contributed by atoms with Gasteiger partial charge >= 0.3 is 0 Å². The van der Waals surface area contributed by atoms with Gasteiger partial charge in [0.2, 0.25) is 5.91 Å². The maximum Gasteiger partial charge on any atom is 0.223 e. The maximum absolute atomic E-state index is 12.2. The van der Waals surface area contributed by atoms with Crippen molar-refractivity contribution in [2.24, 2.45) is 0 Å². The van der Waals surface area contributed by atoms with Crippen LogP contribution in [0.2, 0.25) is 0 Å². The Bertz CT molecular complexity index is 678. The normalized spacial score (nSPS) is 12.8. The van der Waals surface area contributed by atoms with Gasteiger partial charge in [0.15, 0.2) is 0 Å². The number of nitriles is 1. The predicted octanol–water partition coefficient (Wildman–Crippen LogP) is 1.82. The average Bonchev–Trinajstić information content (AvgIpc) is 2.97. The van der Waals surface area contributed by atoms with E-state index in [4.69, 9.17) is 5.26 Å². The Morgan fingerprint density at radius 2 is 2.10 bits per heavy atom. The number of carbonyl (C=O) groups excluding carboxylic acids is 1. The Labute approximate surface area is 122 Å². The molecule has 0 atom stereocenters. The summed E-state index contributed by atoms with van der Waals surface area (Å²) in [5.74, 6) is 0.123. The summed E-state index contributed by atoms with van der Waals surface area (Å²) in [5, 5.41) is 8.75. The number of hydrogen-bond acceptors (Lipinski definition) is 4. The van der Waals surface area contributed by atoms with Crippen molar-refractivity contribution >= 4 is 5.91 Å². The van der Waals surface area contributed by atoms with Crippen molar-refractivity contribution in [1.82, 2.24) is 14.9 Å². The molecule has 0 unspecified atom stereocenters. The Balaban J connectivity index is 1.57. The van der Waals surface area contributed by atoms with Gasteiger partial charge in [0.25, 0.3) is 0 Å². The molecule has 0 saturated heterocycles. The fourth-order valence-corrected chi connectivity index (χ4v) is 2.43. The number of hydrogen-bond donors (Lipinski definition) is 0. The van der Waals surface area contributed by atoms with E-state index in [1.54, 1.807) is 18.3 Å². The highest BCUT2D eigenvalue weighted by Crippen LogP contribution is 2.20. The molecule has 0 bridgehead atoms. The predicted molar refractivity (Wildman–Crippen MR) is 75.8 cm³/mol. The topological polar surface area (TPSA) is 69.9 Å². The zero-order valence-electron chi connectivity index (χ0n) is 11.5. The number of aryl methyl sites for hydroxylation is 1. The molecule has 1 aromatic carbocycles. The molecule has 0 aliphatic carbocycles. The molecule has 2 aromatic rings. The monoisotopic (exact) mass is 278 g/mol. The molecule has 0 spiro atoms. The summed E-state index contributed by atoms with van der Waals surface area (Å²) in [5.41, 5.74) is 3.68. The van der Waals surface area contributed by atoms with Gasteiger partial charge in [-0.3, -0.25) is 4.79 Å². The van der Waals surface area contributed by atoms with Crippen LogP contribution in [-0.2, 0) is 24.3 Å². The second-order valence-electron chi connectivity index (χ2n) is 5.05. The molecule has 1 aliphatic heterocycles. The molecule has 1 amide bonds. The summed E-state index contributed by atoms with van der Waals surface area (Å²) in [6, 6.07) is 9.44. The standard InChI is InChI=1S/C16H14N4O/c17-7-13-3-1-12(2-4-13)5-6-16(21)20-9-14-8-18-11-19-15(14)10-20/h1-4,8,11H,5-6,9-10H2. The summed E-state index contributed by atoms with van der Waals surface area (Å²) < 4.78 is 0. The molecular weight excluding hydrogens is 264 g/mol. The maximum atomic E-state index is 12.2. The van der Waals surface area contributed by atoms with E-state index >= 15 is 0 Å². The summed E-state index contributed by atoms with van der Waals surface area (Å²) in [6.07, 6.45) is 4.44. The van der Waals surface area contributed by atoms with Crippen molar-refractivity contribution < 1.29 is 4.79 Å². The van der Waals surface area contributed by atoms with Gasteiger partial charge < -0.3 is 4.90 Å². The van der Waals surface area contributed by atoms with Gasteiger partial charge in [-0.05, 0) is 24.1 Å². The number of rotatable bonds is 3. The summed E-state index contributed by atoms with van der Waals surface area (Å²) in [6.45, 7) is 1.17. The molecule has 0 saturated carbocycles. The van der Waals surface area contributed by atoms with Crippen molar-refractivity contribution in [2.45, 2.75) is 25.9 Å². The minimum Gasteiger partial charge on any atom is -0.332 e. The van der Waals surface area contributed by atoms with E-state index in [1.165, 1.54) is 6.33 Å². The third kappa shape index (κ3) is 2.90. The molecule has 5 nitrogen and oxygen atoms in total. The summed E-state index contributed by atoms with van der Waals surface area (Å²) in [7, 11) is 0. The lowest BCUT2D eigenvalue weighted by Gasteiger charge is -2.14. The van der Waals surface area contributed by atoms with E-state index in [0.717, 1.165) is 16.8 Å². The number of nitrogens with zero attached hydrogens (tertiary/aromatic N) is 4. The third-order valence-corrected chi connectivity index (χ3v) is 3.65. The number of carbonyl (C=O) groups is 1. The van der Waals surface area contributed by atoms with E-state index < -0.39 is 0 Å². The van der Waals surface area contributed by atoms with Crippen LogP contribution >= 0.6 is 0 Å². The molecule has 1 aromatic heterocycles. The lowest BCUT2D eigenvalue weighted by molar-refractivity contribution is -0.131. The van der Waals surface area contributed by atoms with Crippen LogP contribution in [0.3, 0.4) is 0 Å². The highest BCUT2D eigenvalue weighted by atomic mass is 16.2. The SMILES string of the molecule is N#Cc1ccc(CCC(=O)N2Cc3cncnc3C2)cc1. The smallest absolute Gasteiger partial charge is 0.223 e. The molecule has 104 valence electrons. The molecular formula is C16H14N4O. The van der Waals surface area contributed by atoms with Gasteiger partial charge in [0, 0.05) is 24.7 Å². The largest absolute Gasteiger partial charge is 0.332 e. The number of amides is 1. The molecule has 21 heavy (non-hydrogen) atoms. The summed E-state index contributed by atoms with van der Waals surface area (Å²) in [4.78, 5) is 22.2. The molecule has 0 radical (unpaired) electrons. The number of benzene rings is 1. The number of fused-ring (bicyclic) bond motifs is 1. The third-order valence-electron chi connectivity index (χ3n) is 3.65. The fourth-order valence-electron chi connectivity index (χ4n) is 2.43. The van der Waals surface area contributed by atoms with E-state index in [-0.39, 0.29) is 5.91 Å². The Morgan fingerprint density at radius 1 is 1.29 bits per heavy atom. The Morgan fingerprint density at radius 3 is 2.81 bits per heavy atom. The highest BCUT2D eigenvalue weighted by Gasteiger charge is 2.23. The first-order chi connectivity index (χ1) is 10.3. The van der Waals surface area contributed by atoms with Crippen LogP contribution < -0.4 is 0 Å². The molecule has 3 rings (SSSR count). The van der Waals surface area contributed by atoms with Crippen LogP contribution in [0.15, 0.2) is 36.8 Å². The Kier molecular flexibility index (Phi) is 3.61. The van der Waals surface area contributed by atoms with Crippen LogP contribution in [0.4, 0.5) is 0 Å². The van der Waals surface area contributed by atoms with E-state index in [9.17, 15) is 4.79 Å². The minimum atomic E-state index is 0.123. The minimum absolute atomic E-state index is 0.123. The van der Waals surface area contributed by atoms with Crippen LogP contribution in [0.5, 0.6) is 0 Å². The first-order valence-electron chi connectivity index (χ1n) is 6.81. The lowest BCUT2D eigenvalue weighted by atomic mass is 10.1. The van der Waals surface area contributed by atoms with Gasteiger partial charge in [0.05, 0.1) is 23.9 Å². The van der Waals surface area contributed by atoms with Gasteiger partial charge in [-0.15, -0.1) is 0 Å². The lowest BCUT2D eigenvalue weighted by Crippen LogP contribution is -2.25. The zero-order chi connectivity index (χ0) is 14.7. The molecule has 1 aliphatic rings. The quantitative estimate of drug-likeness (QED) is 0.858. The van der Waals surface area contributed by atoms with Crippen LogP contribution in [0, 0.1) is 11.3 Å². The van der Waals surface area contributed by atoms with Gasteiger partial charge in [-0.25, -0.2) is 9.97 Å². The van der Waals surface area contributed by atoms with E-state index in [0.29, 0.717) is 31.5 Å². The zero-order valence-corrected chi connectivity index (χ0v) is 11.5. The van der Waals surface area contributed by atoms with E-state index in [2.05, 4.69) is 16.0 Å². The fraction of sp³-hybridized carbons (Fsp3) is 0.250. The van der Waals surface area contributed by atoms with Crippen LogP contribution in [0.25, 0.3) is 0 Å².